The standard InChI is InChI=1S/C13H23N3O3/c1-2-5-14-7-10(17)8-15-9-12(18)16-6-3-4-11(16)13(15)19/h10-11,14,17H,2-9H2,1H3. The first-order valence-electron chi connectivity index (χ1n) is 7.10. The van der Waals surface area contributed by atoms with Crippen molar-refractivity contribution in [2.24, 2.45) is 0 Å². The fourth-order valence-corrected chi connectivity index (χ4v) is 2.78. The normalized spacial score (nSPS) is 24.8. The molecule has 108 valence electrons. The number of nitrogens with one attached hydrogen (secondary N) is 1. The average Bonchev–Trinajstić information content (AvgIpc) is 2.86. The summed E-state index contributed by atoms with van der Waals surface area (Å²) in [5, 5.41) is 13.0. The lowest BCUT2D eigenvalue weighted by atomic mass is 10.1. The monoisotopic (exact) mass is 269 g/mol. The summed E-state index contributed by atoms with van der Waals surface area (Å²) in [6.45, 7) is 4.41. The number of hydrogen-bond acceptors (Lipinski definition) is 4. The number of rotatable bonds is 6. The third-order valence-corrected chi connectivity index (χ3v) is 3.73. The van der Waals surface area contributed by atoms with Gasteiger partial charge in [0.1, 0.15) is 6.04 Å². The molecular weight excluding hydrogens is 246 g/mol. The number of hydrogen-bond donors (Lipinski definition) is 2. The Bertz CT molecular complexity index is 348. The van der Waals surface area contributed by atoms with Crippen molar-refractivity contribution in [2.45, 2.75) is 38.3 Å². The van der Waals surface area contributed by atoms with Crippen molar-refractivity contribution in [2.75, 3.05) is 32.7 Å². The van der Waals surface area contributed by atoms with Gasteiger partial charge in [0, 0.05) is 19.6 Å². The Kier molecular flexibility index (Phi) is 4.76. The molecule has 0 aromatic rings. The number of nitrogens with zero attached hydrogens (tertiary/aromatic N) is 2. The lowest BCUT2D eigenvalue weighted by Crippen LogP contribution is -2.59. The number of β-amino-alcohol motifs (C(OH)–C–C–N with tert-alkyl or cyclic N) is 1. The maximum Gasteiger partial charge on any atom is 0.245 e. The van der Waals surface area contributed by atoms with Crippen LogP contribution in [0.5, 0.6) is 0 Å². The second kappa shape index (κ2) is 6.34. The van der Waals surface area contributed by atoms with Crippen LogP contribution in [0.1, 0.15) is 26.2 Å². The van der Waals surface area contributed by atoms with Crippen LogP contribution < -0.4 is 5.32 Å². The van der Waals surface area contributed by atoms with Gasteiger partial charge in [-0.3, -0.25) is 9.59 Å². The lowest BCUT2D eigenvalue weighted by Gasteiger charge is -2.37. The van der Waals surface area contributed by atoms with Crippen LogP contribution in [0, 0.1) is 0 Å². The Morgan fingerprint density at radius 3 is 3.00 bits per heavy atom. The van der Waals surface area contributed by atoms with Crippen molar-refractivity contribution < 1.29 is 14.7 Å². The molecule has 0 aromatic carbocycles. The van der Waals surface area contributed by atoms with Gasteiger partial charge in [-0.2, -0.15) is 0 Å². The summed E-state index contributed by atoms with van der Waals surface area (Å²) >= 11 is 0. The van der Waals surface area contributed by atoms with Crippen molar-refractivity contribution in [3.8, 4) is 0 Å². The molecule has 2 rings (SSSR count). The maximum absolute atomic E-state index is 12.2. The molecule has 6 nitrogen and oxygen atoms in total. The van der Waals surface area contributed by atoms with Crippen molar-refractivity contribution in [1.29, 1.82) is 0 Å². The molecule has 0 aromatic heterocycles. The first kappa shape index (κ1) is 14.3. The smallest absolute Gasteiger partial charge is 0.245 e. The minimum Gasteiger partial charge on any atom is -0.390 e. The van der Waals surface area contributed by atoms with Crippen LogP contribution in [0.25, 0.3) is 0 Å². The number of aliphatic hydroxyl groups excluding tert-OH is 1. The highest BCUT2D eigenvalue weighted by Crippen LogP contribution is 2.23. The summed E-state index contributed by atoms with van der Waals surface area (Å²) in [4.78, 5) is 27.3. The zero-order chi connectivity index (χ0) is 13.8. The van der Waals surface area contributed by atoms with Crippen molar-refractivity contribution in [3.05, 3.63) is 0 Å². The van der Waals surface area contributed by atoms with Gasteiger partial charge in [-0.25, -0.2) is 0 Å². The van der Waals surface area contributed by atoms with E-state index in [1.54, 1.807) is 4.90 Å². The van der Waals surface area contributed by atoms with Crippen molar-refractivity contribution in [1.82, 2.24) is 15.1 Å². The second-order valence-corrected chi connectivity index (χ2v) is 5.32. The Morgan fingerprint density at radius 2 is 2.26 bits per heavy atom. The molecule has 2 unspecified atom stereocenters. The van der Waals surface area contributed by atoms with E-state index in [2.05, 4.69) is 12.2 Å². The average molecular weight is 269 g/mol. The summed E-state index contributed by atoms with van der Waals surface area (Å²) < 4.78 is 0. The van der Waals surface area contributed by atoms with E-state index in [0.29, 0.717) is 13.1 Å². The van der Waals surface area contributed by atoms with Gasteiger partial charge in [-0.05, 0) is 25.8 Å². The Labute approximate surface area is 113 Å². The van der Waals surface area contributed by atoms with Crippen LogP contribution >= 0.6 is 0 Å². The highest BCUT2D eigenvalue weighted by molar-refractivity contribution is 5.95. The minimum absolute atomic E-state index is 0.00774. The van der Waals surface area contributed by atoms with Crippen LogP contribution in [0.2, 0.25) is 0 Å². The molecule has 2 amide bonds. The van der Waals surface area contributed by atoms with Gasteiger partial charge in [0.2, 0.25) is 11.8 Å². The summed E-state index contributed by atoms with van der Waals surface area (Å²) in [5.74, 6) is 0.00228. The van der Waals surface area contributed by atoms with E-state index in [-0.39, 0.29) is 30.9 Å². The van der Waals surface area contributed by atoms with Gasteiger partial charge in [0.15, 0.2) is 0 Å². The van der Waals surface area contributed by atoms with Crippen LogP contribution in [-0.4, -0.2) is 71.6 Å². The molecule has 2 fully saturated rings. The number of fused-ring (bicyclic) bond motifs is 1. The molecule has 0 spiro atoms. The Balaban J connectivity index is 1.86. The summed E-state index contributed by atoms with van der Waals surface area (Å²) in [5.41, 5.74) is 0. The maximum atomic E-state index is 12.2. The van der Waals surface area contributed by atoms with Crippen LogP contribution in [-0.2, 0) is 9.59 Å². The number of aliphatic hydroxyl groups is 1. The van der Waals surface area contributed by atoms with Crippen LogP contribution in [0.4, 0.5) is 0 Å². The van der Waals surface area contributed by atoms with Gasteiger partial charge in [-0.1, -0.05) is 6.92 Å². The van der Waals surface area contributed by atoms with E-state index < -0.39 is 6.10 Å². The quantitative estimate of drug-likeness (QED) is 0.618. The summed E-state index contributed by atoms with van der Waals surface area (Å²) in [6, 6.07) is -0.281. The second-order valence-electron chi connectivity index (χ2n) is 5.32. The number of amides is 2. The largest absolute Gasteiger partial charge is 0.390 e. The van der Waals surface area contributed by atoms with Gasteiger partial charge >= 0.3 is 0 Å². The number of carbonyl (C=O) groups is 2. The SMILES string of the molecule is CCCNCC(O)CN1CC(=O)N2CCCC2C1=O. The topological polar surface area (TPSA) is 72.9 Å². The molecule has 2 heterocycles. The predicted molar refractivity (Wildman–Crippen MR) is 70.5 cm³/mol. The summed E-state index contributed by atoms with van der Waals surface area (Å²) in [6.07, 6.45) is 2.04. The van der Waals surface area contributed by atoms with Gasteiger partial charge in [0.05, 0.1) is 12.6 Å². The predicted octanol–water partition coefficient (Wildman–Crippen LogP) is -0.820. The highest BCUT2D eigenvalue weighted by atomic mass is 16.3. The van der Waals surface area contributed by atoms with E-state index in [4.69, 9.17) is 0 Å². The molecule has 6 heteroatoms. The number of carbonyl (C=O) groups excluding carboxylic acids is 2. The lowest BCUT2D eigenvalue weighted by molar-refractivity contribution is -0.154. The van der Waals surface area contributed by atoms with Gasteiger partial charge < -0.3 is 20.2 Å². The molecule has 0 aliphatic carbocycles. The molecular formula is C13H23N3O3. The van der Waals surface area contributed by atoms with Gasteiger partial charge in [0.25, 0.3) is 0 Å². The molecule has 2 saturated heterocycles. The van der Waals surface area contributed by atoms with Crippen molar-refractivity contribution >= 4 is 11.8 Å². The molecule has 2 N–H and O–H groups in total. The number of piperazine rings is 1. The van der Waals surface area contributed by atoms with Gasteiger partial charge in [-0.15, -0.1) is 0 Å². The zero-order valence-corrected chi connectivity index (χ0v) is 11.5. The first-order chi connectivity index (χ1) is 9.13. The fourth-order valence-electron chi connectivity index (χ4n) is 2.78. The Morgan fingerprint density at radius 1 is 1.47 bits per heavy atom. The summed E-state index contributed by atoms with van der Waals surface area (Å²) in [7, 11) is 0. The third kappa shape index (κ3) is 3.25. The van der Waals surface area contributed by atoms with E-state index in [0.717, 1.165) is 25.8 Å². The minimum atomic E-state index is -0.615. The van der Waals surface area contributed by atoms with E-state index >= 15 is 0 Å². The molecule has 2 atom stereocenters. The first-order valence-corrected chi connectivity index (χ1v) is 7.10. The highest BCUT2D eigenvalue weighted by Gasteiger charge is 2.42. The molecule has 0 bridgehead atoms. The fraction of sp³-hybridized carbons (Fsp3) is 0.846. The van der Waals surface area contributed by atoms with E-state index in [9.17, 15) is 14.7 Å². The molecule has 0 radical (unpaired) electrons. The Hall–Kier alpha value is -1.14. The van der Waals surface area contributed by atoms with E-state index in [1.807, 2.05) is 0 Å². The van der Waals surface area contributed by atoms with E-state index in [1.165, 1.54) is 4.90 Å². The molecule has 19 heavy (non-hydrogen) atoms. The molecule has 2 aliphatic rings. The van der Waals surface area contributed by atoms with Crippen LogP contribution in [0.15, 0.2) is 0 Å². The zero-order valence-electron chi connectivity index (χ0n) is 11.5. The van der Waals surface area contributed by atoms with Crippen LogP contribution in [0.3, 0.4) is 0 Å². The third-order valence-electron chi connectivity index (χ3n) is 3.73. The molecule has 2 aliphatic heterocycles. The van der Waals surface area contributed by atoms with Crippen molar-refractivity contribution in [3.63, 3.8) is 0 Å². The molecule has 0 saturated carbocycles.